The van der Waals surface area contributed by atoms with Gasteiger partial charge in [0.1, 0.15) is 22.6 Å². The van der Waals surface area contributed by atoms with E-state index in [0.717, 1.165) is 25.0 Å². The fourth-order valence-electron chi connectivity index (χ4n) is 2.74. The number of aryl methyl sites for hydroxylation is 1. The van der Waals surface area contributed by atoms with Crippen LogP contribution in [0.3, 0.4) is 0 Å². The van der Waals surface area contributed by atoms with Gasteiger partial charge in [-0.1, -0.05) is 25.5 Å². The summed E-state index contributed by atoms with van der Waals surface area (Å²) >= 11 is 0. The lowest BCUT2D eigenvalue weighted by molar-refractivity contribution is 0.0696. The van der Waals surface area contributed by atoms with E-state index in [4.69, 9.17) is 0 Å². The molecule has 2 aromatic carbocycles. The van der Waals surface area contributed by atoms with Crippen LogP contribution in [-0.2, 0) is 6.42 Å². The van der Waals surface area contributed by atoms with Crippen LogP contribution >= 0.6 is 0 Å². The van der Waals surface area contributed by atoms with Crippen LogP contribution in [0, 0.1) is 5.82 Å². The van der Waals surface area contributed by atoms with E-state index in [1.165, 1.54) is 24.4 Å². The summed E-state index contributed by atoms with van der Waals surface area (Å²) in [6, 6.07) is 7.17. The molecule has 2 N–H and O–H groups in total. The minimum Gasteiger partial charge on any atom is -0.506 e. The molecular formula is C19H17FN2O3. The zero-order chi connectivity index (χ0) is 18.0. The lowest BCUT2D eigenvalue weighted by Crippen LogP contribution is -2.03. The number of carbonyl (C=O) groups is 1. The topological polar surface area (TPSA) is 83.3 Å². The largest absolute Gasteiger partial charge is 0.506 e. The van der Waals surface area contributed by atoms with Gasteiger partial charge < -0.3 is 10.2 Å². The molecule has 5 nitrogen and oxygen atoms in total. The minimum absolute atomic E-state index is 0.116. The SMILES string of the molecule is CCCCc1cnc2c(C(=O)O)c(O)c(-c3cccc(F)c3)cc2n1. The Morgan fingerprint density at radius 2 is 2.08 bits per heavy atom. The second-order valence-corrected chi connectivity index (χ2v) is 5.80. The molecule has 3 rings (SSSR count). The van der Waals surface area contributed by atoms with E-state index in [9.17, 15) is 19.4 Å². The third-order valence-corrected chi connectivity index (χ3v) is 4.00. The van der Waals surface area contributed by atoms with E-state index in [0.29, 0.717) is 11.1 Å². The van der Waals surface area contributed by atoms with Crippen molar-refractivity contribution in [2.45, 2.75) is 26.2 Å². The maximum atomic E-state index is 13.5. The number of phenols is 1. The van der Waals surface area contributed by atoms with E-state index in [1.807, 2.05) is 0 Å². The molecule has 25 heavy (non-hydrogen) atoms. The molecule has 6 heteroatoms. The summed E-state index contributed by atoms with van der Waals surface area (Å²) in [4.78, 5) is 20.3. The van der Waals surface area contributed by atoms with Crippen LogP contribution in [-0.4, -0.2) is 26.2 Å². The first kappa shape index (κ1) is 16.8. The molecule has 0 aliphatic rings. The summed E-state index contributed by atoms with van der Waals surface area (Å²) in [5.41, 5.74) is 1.50. The quantitative estimate of drug-likeness (QED) is 0.728. The van der Waals surface area contributed by atoms with Gasteiger partial charge in [-0.2, -0.15) is 0 Å². The van der Waals surface area contributed by atoms with Gasteiger partial charge in [0.2, 0.25) is 0 Å². The number of benzene rings is 2. The molecule has 0 saturated carbocycles. The number of unbranched alkanes of at least 4 members (excludes halogenated alkanes) is 1. The smallest absolute Gasteiger partial charge is 0.341 e. The fraction of sp³-hybridized carbons (Fsp3) is 0.211. The summed E-state index contributed by atoms with van der Waals surface area (Å²) < 4.78 is 13.5. The Hall–Kier alpha value is -3.02. The number of rotatable bonds is 5. The van der Waals surface area contributed by atoms with Crippen LogP contribution in [0.2, 0.25) is 0 Å². The second-order valence-electron chi connectivity index (χ2n) is 5.80. The zero-order valence-electron chi connectivity index (χ0n) is 13.7. The number of carboxylic acid groups (broad SMARTS) is 1. The van der Waals surface area contributed by atoms with Crippen molar-refractivity contribution in [2.75, 3.05) is 0 Å². The predicted octanol–water partition coefficient (Wildman–Crippen LogP) is 4.18. The van der Waals surface area contributed by atoms with Crippen LogP contribution < -0.4 is 0 Å². The molecule has 0 unspecified atom stereocenters. The minimum atomic E-state index is -1.31. The lowest BCUT2D eigenvalue weighted by atomic mass is 9.99. The highest BCUT2D eigenvalue weighted by Gasteiger charge is 2.21. The molecule has 0 radical (unpaired) electrons. The van der Waals surface area contributed by atoms with Crippen molar-refractivity contribution in [1.29, 1.82) is 0 Å². The van der Waals surface area contributed by atoms with Gasteiger partial charge in [-0.25, -0.2) is 14.2 Å². The number of hydrogen-bond acceptors (Lipinski definition) is 4. The molecular weight excluding hydrogens is 323 g/mol. The number of hydrogen-bond donors (Lipinski definition) is 2. The summed E-state index contributed by atoms with van der Waals surface area (Å²) in [6.07, 6.45) is 4.22. The van der Waals surface area contributed by atoms with E-state index >= 15 is 0 Å². The third kappa shape index (κ3) is 3.28. The van der Waals surface area contributed by atoms with Crippen molar-refractivity contribution >= 4 is 17.0 Å². The standard InChI is InChI=1S/C19H17FN2O3/c1-2-3-7-13-10-21-17-15(22-13)9-14(18(23)16(17)19(24)25)11-5-4-6-12(20)8-11/h4-6,8-10,23H,2-3,7H2,1H3,(H,24,25). The van der Waals surface area contributed by atoms with Gasteiger partial charge in [0.05, 0.1) is 11.2 Å². The van der Waals surface area contributed by atoms with Crippen LogP contribution in [0.1, 0.15) is 35.8 Å². The van der Waals surface area contributed by atoms with Crippen LogP contribution in [0.5, 0.6) is 5.75 Å². The first-order valence-corrected chi connectivity index (χ1v) is 8.02. The van der Waals surface area contributed by atoms with Crippen molar-refractivity contribution in [3.8, 4) is 16.9 Å². The molecule has 0 fully saturated rings. The molecule has 128 valence electrons. The van der Waals surface area contributed by atoms with E-state index in [1.54, 1.807) is 12.1 Å². The first-order chi connectivity index (χ1) is 12.0. The molecule has 0 spiro atoms. The number of fused-ring (bicyclic) bond motifs is 1. The second kappa shape index (κ2) is 6.84. The summed E-state index contributed by atoms with van der Waals surface area (Å²) in [5, 5.41) is 19.9. The number of aromatic carboxylic acids is 1. The van der Waals surface area contributed by atoms with Crippen LogP contribution in [0.4, 0.5) is 4.39 Å². The highest BCUT2D eigenvalue weighted by molar-refractivity contribution is 6.06. The summed E-state index contributed by atoms with van der Waals surface area (Å²) in [5.74, 6) is -2.23. The predicted molar refractivity (Wildman–Crippen MR) is 92.2 cm³/mol. The molecule has 0 aliphatic carbocycles. The molecule has 3 aromatic rings. The highest BCUT2D eigenvalue weighted by atomic mass is 19.1. The van der Waals surface area contributed by atoms with Crippen molar-refractivity contribution < 1.29 is 19.4 Å². The van der Waals surface area contributed by atoms with Gasteiger partial charge in [0.15, 0.2) is 0 Å². The molecule has 0 aliphatic heterocycles. The fourth-order valence-corrected chi connectivity index (χ4v) is 2.74. The van der Waals surface area contributed by atoms with Gasteiger partial charge in [-0.3, -0.25) is 4.98 Å². The maximum absolute atomic E-state index is 13.5. The number of nitrogens with zero attached hydrogens (tertiary/aromatic N) is 2. The van der Waals surface area contributed by atoms with E-state index in [-0.39, 0.29) is 16.6 Å². The average molecular weight is 340 g/mol. The van der Waals surface area contributed by atoms with Crippen molar-refractivity contribution in [3.05, 3.63) is 53.6 Å². The average Bonchev–Trinajstić information content (AvgIpc) is 2.59. The first-order valence-electron chi connectivity index (χ1n) is 8.02. The number of aromatic nitrogens is 2. The van der Waals surface area contributed by atoms with Crippen LogP contribution in [0.25, 0.3) is 22.2 Å². The maximum Gasteiger partial charge on any atom is 0.341 e. The van der Waals surface area contributed by atoms with Crippen LogP contribution in [0.15, 0.2) is 36.5 Å². The Bertz CT molecular complexity index is 957. The highest BCUT2D eigenvalue weighted by Crippen LogP contribution is 2.36. The lowest BCUT2D eigenvalue weighted by Gasteiger charge is -2.11. The van der Waals surface area contributed by atoms with Gasteiger partial charge in [0.25, 0.3) is 0 Å². The van der Waals surface area contributed by atoms with Crippen molar-refractivity contribution in [1.82, 2.24) is 9.97 Å². The van der Waals surface area contributed by atoms with Crippen molar-refractivity contribution in [2.24, 2.45) is 0 Å². The Kier molecular flexibility index (Phi) is 4.61. The van der Waals surface area contributed by atoms with E-state index < -0.39 is 17.5 Å². The van der Waals surface area contributed by atoms with Crippen molar-refractivity contribution in [3.63, 3.8) is 0 Å². The Morgan fingerprint density at radius 1 is 1.28 bits per heavy atom. The molecule has 0 amide bonds. The van der Waals surface area contributed by atoms with Gasteiger partial charge in [0, 0.05) is 11.8 Å². The molecule has 0 atom stereocenters. The van der Waals surface area contributed by atoms with Gasteiger partial charge in [-0.15, -0.1) is 0 Å². The monoisotopic (exact) mass is 340 g/mol. The molecule has 1 heterocycles. The zero-order valence-corrected chi connectivity index (χ0v) is 13.7. The normalized spacial score (nSPS) is 11.0. The molecule has 0 saturated heterocycles. The van der Waals surface area contributed by atoms with Gasteiger partial charge >= 0.3 is 5.97 Å². The Labute approximate surface area is 143 Å². The van der Waals surface area contributed by atoms with Gasteiger partial charge in [-0.05, 0) is 36.6 Å². The number of carboxylic acids is 1. The van der Waals surface area contributed by atoms with E-state index in [2.05, 4.69) is 16.9 Å². The third-order valence-electron chi connectivity index (χ3n) is 4.00. The number of aromatic hydroxyl groups is 1. The number of halogens is 1. The summed E-state index contributed by atoms with van der Waals surface area (Å²) in [6.45, 7) is 2.07. The summed E-state index contributed by atoms with van der Waals surface area (Å²) in [7, 11) is 0. The Balaban J connectivity index is 2.26. The molecule has 1 aromatic heterocycles. The Morgan fingerprint density at radius 3 is 2.76 bits per heavy atom. The molecule has 0 bridgehead atoms.